The molecule has 3 rings (SSSR count). The molecule has 2 aromatic heterocycles. The van der Waals surface area contributed by atoms with Crippen LogP contribution in [0.25, 0.3) is 0 Å². The Kier molecular flexibility index (Phi) is 7.31. The zero-order chi connectivity index (χ0) is 22.4. The Hall–Kier alpha value is -2.89. The fourth-order valence-corrected chi connectivity index (χ4v) is 4.88. The number of rotatable bonds is 10. The standard InChI is InChI=1S/C20H23N5O4S2/c1-13-5-6-15(29-3)17(11-13)31(27,28)25-8-4-7-23-20-24-12-16(30-20)19(26)18-14(2)21-9-10-22-18/h5-6,9-12,25H,4,7-8H2,1-3H3,(H,23,24). The number of sulfonamides is 1. The molecule has 0 saturated heterocycles. The average molecular weight is 462 g/mol. The second-order valence-corrected chi connectivity index (χ2v) is 9.45. The van der Waals surface area contributed by atoms with Gasteiger partial charge in [-0.15, -0.1) is 0 Å². The highest BCUT2D eigenvalue weighted by atomic mass is 32.2. The summed E-state index contributed by atoms with van der Waals surface area (Å²) in [4.78, 5) is 25.5. The van der Waals surface area contributed by atoms with Crippen molar-refractivity contribution in [2.24, 2.45) is 0 Å². The van der Waals surface area contributed by atoms with Crippen LogP contribution in [0.1, 0.15) is 33.0 Å². The Morgan fingerprint density at radius 3 is 2.65 bits per heavy atom. The van der Waals surface area contributed by atoms with Crippen LogP contribution in [0.3, 0.4) is 0 Å². The van der Waals surface area contributed by atoms with Crippen LogP contribution in [-0.4, -0.2) is 49.4 Å². The highest BCUT2D eigenvalue weighted by Gasteiger charge is 2.19. The second-order valence-electron chi connectivity index (χ2n) is 6.68. The molecule has 31 heavy (non-hydrogen) atoms. The lowest BCUT2D eigenvalue weighted by atomic mass is 10.2. The van der Waals surface area contributed by atoms with Gasteiger partial charge in [0.05, 0.1) is 23.9 Å². The third-order valence-corrected chi connectivity index (χ3v) is 6.79. The number of ketones is 1. The Bertz CT molecular complexity index is 1180. The third kappa shape index (κ3) is 5.63. The number of nitrogens with one attached hydrogen (secondary N) is 2. The van der Waals surface area contributed by atoms with Crippen LogP contribution < -0.4 is 14.8 Å². The molecule has 0 aliphatic rings. The van der Waals surface area contributed by atoms with Crippen molar-refractivity contribution in [1.29, 1.82) is 0 Å². The molecule has 1 aromatic carbocycles. The molecule has 0 unspecified atom stereocenters. The van der Waals surface area contributed by atoms with Gasteiger partial charge in [0.1, 0.15) is 16.3 Å². The van der Waals surface area contributed by atoms with Crippen molar-refractivity contribution in [1.82, 2.24) is 19.7 Å². The molecule has 0 saturated carbocycles. The number of aromatic nitrogens is 3. The number of carbonyl (C=O) groups excluding carboxylic acids is 1. The van der Waals surface area contributed by atoms with Gasteiger partial charge >= 0.3 is 0 Å². The van der Waals surface area contributed by atoms with Crippen molar-refractivity contribution in [2.75, 3.05) is 25.5 Å². The van der Waals surface area contributed by atoms with Crippen LogP contribution in [-0.2, 0) is 10.0 Å². The van der Waals surface area contributed by atoms with Crippen LogP contribution >= 0.6 is 11.3 Å². The molecule has 0 amide bonds. The van der Waals surface area contributed by atoms with E-state index in [1.807, 2.05) is 6.92 Å². The minimum absolute atomic E-state index is 0.116. The first-order chi connectivity index (χ1) is 14.8. The van der Waals surface area contributed by atoms with Crippen molar-refractivity contribution in [3.05, 3.63) is 58.6 Å². The smallest absolute Gasteiger partial charge is 0.244 e. The molecule has 2 N–H and O–H groups in total. The lowest BCUT2D eigenvalue weighted by Crippen LogP contribution is -2.26. The maximum atomic E-state index is 12.6. The highest BCUT2D eigenvalue weighted by molar-refractivity contribution is 7.89. The van der Waals surface area contributed by atoms with E-state index >= 15 is 0 Å². The number of benzene rings is 1. The van der Waals surface area contributed by atoms with E-state index < -0.39 is 10.0 Å². The predicted molar refractivity (Wildman–Crippen MR) is 118 cm³/mol. The van der Waals surface area contributed by atoms with Crippen molar-refractivity contribution < 1.29 is 17.9 Å². The summed E-state index contributed by atoms with van der Waals surface area (Å²) >= 11 is 1.22. The van der Waals surface area contributed by atoms with Gasteiger partial charge in [-0.05, 0) is 38.0 Å². The first-order valence-electron chi connectivity index (χ1n) is 9.48. The summed E-state index contributed by atoms with van der Waals surface area (Å²) in [5.74, 6) is 0.0746. The summed E-state index contributed by atoms with van der Waals surface area (Å²) in [5, 5.41) is 3.68. The van der Waals surface area contributed by atoms with Gasteiger partial charge in [-0.2, -0.15) is 0 Å². The molecule has 0 fully saturated rings. The molecule has 164 valence electrons. The third-order valence-electron chi connectivity index (χ3n) is 4.36. The van der Waals surface area contributed by atoms with Gasteiger partial charge in [-0.1, -0.05) is 17.4 Å². The molecule has 9 nitrogen and oxygen atoms in total. The molecule has 11 heteroatoms. The Balaban J connectivity index is 1.51. The van der Waals surface area contributed by atoms with Gasteiger partial charge in [-0.25, -0.2) is 23.1 Å². The van der Waals surface area contributed by atoms with Crippen LogP contribution in [0.15, 0.2) is 41.7 Å². The lowest BCUT2D eigenvalue weighted by molar-refractivity contribution is 0.103. The summed E-state index contributed by atoms with van der Waals surface area (Å²) < 4.78 is 32.9. The molecule has 0 bridgehead atoms. The molecule has 0 atom stereocenters. The molecule has 0 aliphatic carbocycles. The zero-order valence-corrected chi connectivity index (χ0v) is 19.0. The van der Waals surface area contributed by atoms with E-state index in [9.17, 15) is 13.2 Å². The van der Waals surface area contributed by atoms with Gasteiger partial charge in [0, 0.05) is 25.5 Å². The lowest BCUT2D eigenvalue weighted by Gasteiger charge is -2.11. The molecule has 0 radical (unpaired) electrons. The number of methoxy groups -OCH3 is 1. The monoisotopic (exact) mass is 461 g/mol. The van der Waals surface area contributed by atoms with Crippen molar-refractivity contribution >= 4 is 32.3 Å². The van der Waals surface area contributed by atoms with Crippen LogP contribution in [0.5, 0.6) is 5.75 Å². The van der Waals surface area contributed by atoms with E-state index in [0.717, 1.165) is 5.56 Å². The van der Waals surface area contributed by atoms with E-state index in [1.54, 1.807) is 25.1 Å². The van der Waals surface area contributed by atoms with Crippen molar-refractivity contribution in [3.63, 3.8) is 0 Å². The van der Waals surface area contributed by atoms with Crippen molar-refractivity contribution in [3.8, 4) is 5.75 Å². The fourth-order valence-electron chi connectivity index (χ4n) is 2.77. The number of thiazole rings is 1. The number of nitrogens with zero attached hydrogens (tertiary/aromatic N) is 3. The minimum Gasteiger partial charge on any atom is -0.495 e. The number of hydrogen-bond donors (Lipinski definition) is 2. The predicted octanol–water partition coefficient (Wildman–Crippen LogP) is 2.57. The topological polar surface area (TPSA) is 123 Å². The molecule has 3 aromatic rings. The number of aryl methyl sites for hydroxylation is 2. The number of anilines is 1. The maximum Gasteiger partial charge on any atom is 0.244 e. The summed E-state index contributed by atoms with van der Waals surface area (Å²) in [6, 6.07) is 5.00. The van der Waals surface area contributed by atoms with E-state index in [2.05, 4.69) is 25.0 Å². The summed E-state index contributed by atoms with van der Waals surface area (Å²) in [5.41, 5.74) is 1.69. The Labute approximate surface area is 185 Å². The SMILES string of the molecule is COc1ccc(C)cc1S(=O)(=O)NCCCNc1ncc(C(=O)c2nccnc2C)s1. The zero-order valence-electron chi connectivity index (χ0n) is 17.4. The van der Waals surface area contributed by atoms with Gasteiger partial charge in [0.25, 0.3) is 0 Å². The van der Waals surface area contributed by atoms with Gasteiger partial charge in [-0.3, -0.25) is 9.78 Å². The molecular weight excluding hydrogens is 438 g/mol. The number of hydrogen-bond acceptors (Lipinski definition) is 9. The molecule has 0 spiro atoms. The fraction of sp³-hybridized carbons (Fsp3) is 0.300. The van der Waals surface area contributed by atoms with E-state index in [0.29, 0.717) is 40.1 Å². The molecular formula is C20H23N5O4S2. The van der Waals surface area contributed by atoms with Crippen LogP contribution in [0.2, 0.25) is 0 Å². The van der Waals surface area contributed by atoms with E-state index in [4.69, 9.17) is 4.74 Å². The van der Waals surface area contributed by atoms with Crippen LogP contribution in [0.4, 0.5) is 5.13 Å². The Morgan fingerprint density at radius 1 is 1.13 bits per heavy atom. The minimum atomic E-state index is -3.69. The van der Waals surface area contributed by atoms with Crippen LogP contribution in [0, 0.1) is 13.8 Å². The number of ether oxygens (including phenoxy) is 1. The second kappa shape index (κ2) is 9.94. The maximum absolute atomic E-state index is 12.6. The number of carbonyl (C=O) groups is 1. The van der Waals surface area contributed by atoms with Crippen molar-refractivity contribution in [2.45, 2.75) is 25.2 Å². The summed E-state index contributed by atoms with van der Waals surface area (Å²) in [6.07, 6.45) is 5.04. The van der Waals surface area contributed by atoms with E-state index in [1.165, 1.54) is 37.0 Å². The normalized spacial score (nSPS) is 11.3. The highest BCUT2D eigenvalue weighted by Crippen LogP contribution is 2.24. The van der Waals surface area contributed by atoms with Gasteiger partial charge < -0.3 is 10.1 Å². The summed E-state index contributed by atoms with van der Waals surface area (Å²) in [7, 11) is -2.25. The Morgan fingerprint density at radius 2 is 1.90 bits per heavy atom. The largest absolute Gasteiger partial charge is 0.495 e. The van der Waals surface area contributed by atoms with Gasteiger partial charge in [0.2, 0.25) is 15.8 Å². The first kappa shape index (κ1) is 22.8. The quantitative estimate of drug-likeness (QED) is 0.349. The molecule has 0 aliphatic heterocycles. The van der Waals surface area contributed by atoms with E-state index in [-0.39, 0.29) is 17.2 Å². The average Bonchev–Trinajstić information content (AvgIpc) is 3.22. The van der Waals surface area contributed by atoms with Gasteiger partial charge in [0.15, 0.2) is 5.13 Å². The first-order valence-corrected chi connectivity index (χ1v) is 11.8. The summed E-state index contributed by atoms with van der Waals surface area (Å²) in [6.45, 7) is 4.27. The molecule has 2 heterocycles.